The largest absolute Gasteiger partial charge is 0.326 e. The predicted molar refractivity (Wildman–Crippen MR) is 80.8 cm³/mol. The summed E-state index contributed by atoms with van der Waals surface area (Å²) in [6.07, 6.45) is 2.00. The highest BCUT2D eigenvalue weighted by Gasteiger charge is 2.34. The van der Waals surface area contributed by atoms with E-state index in [0.717, 1.165) is 24.0 Å². The van der Waals surface area contributed by atoms with Gasteiger partial charge >= 0.3 is 0 Å². The van der Waals surface area contributed by atoms with E-state index in [2.05, 4.69) is 13.8 Å². The minimum Gasteiger partial charge on any atom is -0.326 e. The zero-order chi connectivity index (χ0) is 15.0. The summed E-state index contributed by atoms with van der Waals surface area (Å²) in [5.41, 5.74) is 7.61. The van der Waals surface area contributed by atoms with E-state index in [9.17, 15) is 8.42 Å². The van der Waals surface area contributed by atoms with Crippen molar-refractivity contribution in [1.29, 1.82) is 0 Å². The van der Waals surface area contributed by atoms with Gasteiger partial charge in [-0.3, -0.25) is 0 Å². The van der Waals surface area contributed by atoms with E-state index in [0.29, 0.717) is 24.5 Å². The van der Waals surface area contributed by atoms with Gasteiger partial charge in [-0.15, -0.1) is 0 Å². The molecule has 0 radical (unpaired) electrons. The highest BCUT2D eigenvalue weighted by molar-refractivity contribution is 7.89. The number of nitrogens with zero attached hydrogens (tertiary/aromatic N) is 1. The van der Waals surface area contributed by atoms with Gasteiger partial charge in [0.05, 0.1) is 4.90 Å². The van der Waals surface area contributed by atoms with E-state index in [4.69, 9.17) is 5.73 Å². The third kappa shape index (κ3) is 3.05. The molecule has 112 valence electrons. The van der Waals surface area contributed by atoms with Crippen LogP contribution in [0.1, 0.15) is 37.8 Å². The molecule has 0 unspecified atom stereocenters. The SMILES string of the molecule is Cc1cc(S(=O)(=O)N2CCCC(C)(C)C2)ccc1CN. The van der Waals surface area contributed by atoms with Crippen LogP contribution >= 0.6 is 0 Å². The number of hydrogen-bond donors (Lipinski definition) is 1. The number of piperidine rings is 1. The molecule has 1 saturated heterocycles. The van der Waals surface area contributed by atoms with Crippen molar-refractivity contribution in [2.45, 2.75) is 45.1 Å². The highest BCUT2D eigenvalue weighted by Crippen LogP contribution is 2.32. The minimum atomic E-state index is -3.39. The van der Waals surface area contributed by atoms with Crippen molar-refractivity contribution in [3.63, 3.8) is 0 Å². The number of hydrogen-bond acceptors (Lipinski definition) is 3. The molecule has 20 heavy (non-hydrogen) atoms. The number of benzene rings is 1. The molecule has 1 aromatic rings. The molecule has 1 aliphatic rings. The van der Waals surface area contributed by atoms with Gasteiger partial charge in [0.2, 0.25) is 10.0 Å². The van der Waals surface area contributed by atoms with Gasteiger partial charge in [0, 0.05) is 19.6 Å². The van der Waals surface area contributed by atoms with Crippen molar-refractivity contribution in [1.82, 2.24) is 4.31 Å². The van der Waals surface area contributed by atoms with Crippen LogP contribution in [0, 0.1) is 12.3 Å². The van der Waals surface area contributed by atoms with E-state index in [1.807, 2.05) is 13.0 Å². The van der Waals surface area contributed by atoms with Crippen molar-refractivity contribution < 1.29 is 8.42 Å². The molecule has 0 aliphatic carbocycles. The van der Waals surface area contributed by atoms with Crippen LogP contribution in [0.3, 0.4) is 0 Å². The van der Waals surface area contributed by atoms with E-state index in [1.165, 1.54) is 0 Å². The Balaban J connectivity index is 2.33. The van der Waals surface area contributed by atoms with E-state index < -0.39 is 10.0 Å². The number of rotatable bonds is 3. The summed E-state index contributed by atoms with van der Waals surface area (Å²) in [7, 11) is -3.39. The first kappa shape index (κ1) is 15.5. The summed E-state index contributed by atoms with van der Waals surface area (Å²) >= 11 is 0. The lowest BCUT2D eigenvalue weighted by Gasteiger charge is -2.37. The fraction of sp³-hybridized carbons (Fsp3) is 0.600. The van der Waals surface area contributed by atoms with Crippen molar-refractivity contribution in [2.24, 2.45) is 11.1 Å². The fourth-order valence-electron chi connectivity index (χ4n) is 2.78. The topological polar surface area (TPSA) is 63.4 Å². The van der Waals surface area contributed by atoms with Crippen molar-refractivity contribution in [2.75, 3.05) is 13.1 Å². The van der Waals surface area contributed by atoms with Gasteiger partial charge in [-0.25, -0.2) is 8.42 Å². The molecule has 4 nitrogen and oxygen atoms in total. The molecule has 2 rings (SSSR count). The van der Waals surface area contributed by atoms with Crippen LogP contribution in [-0.4, -0.2) is 25.8 Å². The average Bonchev–Trinajstić information content (AvgIpc) is 2.37. The summed E-state index contributed by atoms with van der Waals surface area (Å²) in [6.45, 7) is 7.79. The Bertz CT molecular complexity index is 594. The smallest absolute Gasteiger partial charge is 0.243 e. The summed E-state index contributed by atoms with van der Waals surface area (Å²) < 4.78 is 27.1. The van der Waals surface area contributed by atoms with Crippen LogP contribution in [0.4, 0.5) is 0 Å². The molecule has 0 aromatic heterocycles. The van der Waals surface area contributed by atoms with E-state index in [-0.39, 0.29) is 5.41 Å². The molecule has 0 spiro atoms. The molecule has 2 N–H and O–H groups in total. The second-order valence-electron chi connectivity index (χ2n) is 6.40. The fourth-order valence-corrected chi connectivity index (χ4v) is 4.53. The highest BCUT2D eigenvalue weighted by atomic mass is 32.2. The standard InChI is InChI=1S/C15H24N2O2S/c1-12-9-14(6-5-13(12)10-16)20(18,19)17-8-4-7-15(2,3)11-17/h5-6,9H,4,7-8,10-11,16H2,1-3H3. The van der Waals surface area contributed by atoms with Crippen LogP contribution in [0.25, 0.3) is 0 Å². The van der Waals surface area contributed by atoms with Gasteiger partial charge in [-0.05, 0) is 48.4 Å². The van der Waals surface area contributed by atoms with Crippen LogP contribution in [-0.2, 0) is 16.6 Å². The molecule has 0 amide bonds. The van der Waals surface area contributed by atoms with Gasteiger partial charge in [0.15, 0.2) is 0 Å². The van der Waals surface area contributed by atoms with Crippen LogP contribution in [0.5, 0.6) is 0 Å². The lowest BCUT2D eigenvalue weighted by molar-refractivity contribution is 0.187. The lowest BCUT2D eigenvalue weighted by atomic mass is 9.85. The quantitative estimate of drug-likeness (QED) is 0.930. The normalized spacial score (nSPS) is 20.0. The maximum Gasteiger partial charge on any atom is 0.243 e. The first-order valence-electron chi connectivity index (χ1n) is 7.06. The Morgan fingerprint density at radius 1 is 1.35 bits per heavy atom. The van der Waals surface area contributed by atoms with Gasteiger partial charge in [0.1, 0.15) is 0 Å². The molecule has 1 aliphatic heterocycles. The van der Waals surface area contributed by atoms with E-state index in [1.54, 1.807) is 16.4 Å². The summed E-state index contributed by atoms with van der Waals surface area (Å²) in [5.74, 6) is 0. The van der Waals surface area contributed by atoms with Crippen LogP contribution in [0.15, 0.2) is 23.1 Å². The predicted octanol–water partition coefficient (Wildman–Crippen LogP) is 2.26. The van der Waals surface area contributed by atoms with Gasteiger partial charge in [-0.2, -0.15) is 4.31 Å². The lowest BCUT2D eigenvalue weighted by Crippen LogP contribution is -2.43. The third-order valence-electron chi connectivity index (χ3n) is 4.04. The molecule has 1 fully saturated rings. The maximum absolute atomic E-state index is 12.7. The second-order valence-corrected chi connectivity index (χ2v) is 8.34. The first-order valence-corrected chi connectivity index (χ1v) is 8.50. The summed E-state index contributed by atoms with van der Waals surface area (Å²) in [5, 5.41) is 0. The third-order valence-corrected chi connectivity index (χ3v) is 5.88. The second kappa shape index (κ2) is 5.47. The van der Waals surface area contributed by atoms with Gasteiger partial charge < -0.3 is 5.73 Å². The number of nitrogens with two attached hydrogens (primary N) is 1. The molecule has 0 atom stereocenters. The summed E-state index contributed by atoms with van der Waals surface area (Å²) in [6, 6.07) is 5.22. The average molecular weight is 296 g/mol. The Kier molecular flexibility index (Phi) is 4.23. The molecular formula is C15H24N2O2S. The van der Waals surface area contributed by atoms with Crippen LogP contribution < -0.4 is 5.73 Å². The molecular weight excluding hydrogens is 272 g/mol. The monoisotopic (exact) mass is 296 g/mol. The van der Waals surface area contributed by atoms with E-state index >= 15 is 0 Å². The van der Waals surface area contributed by atoms with Crippen molar-refractivity contribution >= 4 is 10.0 Å². The Morgan fingerprint density at radius 2 is 2.05 bits per heavy atom. The molecule has 1 heterocycles. The molecule has 0 saturated carbocycles. The summed E-state index contributed by atoms with van der Waals surface area (Å²) in [4.78, 5) is 0.380. The van der Waals surface area contributed by atoms with Crippen molar-refractivity contribution in [3.8, 4) is 0 Å². The Labute approximate surface area is 122 Å². The minimum absolute atomic E-state index is 0.0531. The number of sulfonamides is 1. The zero-order valence-electron chi connectivity index (χ0n) is 12.5. The zero-order valence-corrected chi connectivity index (χ0v) is 13.3. The number of aryl methyl sites for hydroxylation is 1. The molecule has 5 heteroatoms. The van der Waals surface area contributed by atoms with Gasteiger partial charge in [0.25, 0.3) is 0 Å². The molecule has 1 aromatic carbocycles. The van der Waals surface area contributed by atoms with Crippen LogP contribution in [0.2, 0.25) is 0 Å². The molecule has 0 bridgehead atoms. The maximum atomic E-state index is 12.7. The van der Waals surface area contributed by atoms with Crippen molar-refractivity contribution in [3.05, 3.63) is 29.3 Å². The first-order chi connectivity index (χ1) is 9.26. The van der Waals surface area contributed by atoms with Gasteiger partial charge in [-0.1, -0.05) is 19.9 Å². The Morgan fingerprint density at radius 3 is 2.60 bits per heavy atom. The Hall–Kier alpha value is -0.910.